The van der Waals surface area contributed by atoms with E-state index in [0.29, 0.717) is 30.4 Å². The van der Waals surface area contributed by atoms with Gasteiger partial charge >= 0.3 is 0 Å². The molecule has 0 saturated carbocycles. The Kier molecular flexibility index (Phi) is 5.10. The van der Waals surface area contributed by atoms with E-state index in [4.69, 9.17) is 9.26 Å². The van der Waals surface area contributed by atoms with Gasteiger partial charge in [0.15, 0.2) is 11.9 Å². The van der Waals surface area contributed by atoms with Crippen molar-refractivity contribution in [1.29, 1.82) is 0 Å². The SMILES string of the molecule is Cc1noc([C@H]2CN(C(=O)c3ccc(CN(C)C)nc3)C[C@@H](C)O2)n1. The Morgan fingerprint density at radius 3 is 2.76 bits per heavy atom. The van der Waals surface area contributed by atoms with Crippen molar-refractivity contribution >= 4 is 5.91 Å². The second-order valence-corrected chi connectivity index (χ2v) is 6.60. The highest BCUT2D eigenvalue weighted by molar-refractivity contribution is 5.94. The Morgan fingerprint density at radius 1 is 1.36 bits per heavy atom. The summed E-state index contributed by atoms with van der Waals surface area (Å²) in [6, 6.07) is 3.70. The highest BCUT2D eigenvalue weighted by Crippen LogP contribution is 2.25. The molecule has 8 nitrogen and oxygen atoms in total. The maximum Gasteiger partial charge on any atom is 0.257 e. The molecule has 0 radical (unpaired) electrons. The summed E-state index contributed by atoms with van der Waals surface area (Å²) in [6.45, 7) is 5.31. The molecule has 0 bridgehead atoms. The second-order valence-electron chi connectivity index (χ2n) is 6.60. The summed E-state index contributed by atoms with van der Waals surface area (Å²) in [7, 11) is 3.96. The van der Waals surface area contributed by atoms with Crippen LogP contribution in [0.5, 0.6) is 0 Å². The third-order valence-corrected chi connectivity index (χ3v) is 3.92. The number of pyridine rings is 1. The molecule has 1 aliphatic heterocycles. The zero-order valence-electron chi connectivity index (χ0n) is 15.0. The van der Waals surface area contributed by atoms with Gasteiger partial charge in [0.2, 0.25) is 0 Å². The number of hydrogen-bond acceptors (Lipinski definition) is 7. The van der Waals surface area contributed by atoms with Gasteiger partial charge < -0.3 is 19.1 Å². The molecule has 0 spiro atoms. The molecular weight excluding hydrogens is 322 g/mol. The Morgan fingerprint density at radius 2 is 2.16 bits per heavy atom. The molecule has 2 atom stereocenters. The fraction of sp³-hybridized carbons (Fsp3) is 0.529. The number of aryl methyl sites for hydroxylation is 1. The first-order valence-electron chi connectivity index (χ1n) is 8.27. The van der Waals surface area contributed by atoms with Crippen LogP contribution in [0.15, 0.2) is 22.9 Å². The van der Waals surface area contributed by atoms with E-state index in [9.17, 15) is 4.79 Å². The van der Waals surface area contributed by atoms with Crippen molar-refractivity contribution in [3.63, 3.8) is 0 Å². The van der Waals surface area contributed by atoms with Gasteiger partial charge in [0.1, 0.15) is 0 Å². The minimum atomic E-state index is -0.408. The van der Waals surface area contributed by atoms with Gasteiger partial charge in [0.25, 0.3) is 11.8 Å². The fourth-order valence-corrected chi connectivity index (χ4v) is 2.85. The molecule has 1 aliphatic rings. The minimum absolute atomic E-state index is 0.0692. The molecule has 0 aromatic carbocycles. The molecule has 0 aliphatic carbocycles. The van der Waals surface area contributed by atoms with E-state index in [2.05, 4.69) is 15.1 Å². The molecule has 0 N–H and O–H groups in total. The summed E-state index contributed by atoms with van der Waals surface area (Å²) in [6.07, 6.45) is 1.11. The van der Waals surface area contributed by atoms with E-state index >= 15 is 0 Å². The van der Waals surface area contributed by atoms with Gasteiger partial charge in [-0.25, -0.2) is 0 Å². The summed E-state index contributed by atoms with van der Waals surface area (Å²) in [5, 5.41) is 3.79. The number of carbonyl (C=O) groups is 1. The van der Waals surface area contributed by atoms with Crippen LogP contribution in [-0.4, -0.2) is 64.1 Å². The van der Waals surface area contributed by atoms with Gasteiger partial charge in [-0.05, 0) is 40.1 Å². The zero-order chi connectivity index (χ0) is 18.0. The lowest BCUT2D eigenvalue weighted by Gasteiger charge is -2.35. The number of nitrogens with zero attached hydrogens (tertiary/aromatic N) is 5. The smallest absolute Gasteiger partial charge is 0.257 e. The molecule has 8 heteroatoms. The third kappa shape index (κ3) is 4.21. The topological polar surface area (TPSA) is 84.6 Å². The number of rotatable bonds is 4. The van der Waals surface area contributed by atoms with E-state index in [1.807, 2.05) is 38.1 Å². The molecule has 2 aromatic rings. The van der Waals surface area contributed by atoms with Crippen molar-refractivity contribution in [2.75, 3.05) is 27.2 Å². The van der Waals surface area contributed by atoms with Crippen molar-refractivity contribution in [2.24, 2.45) is 0 Å². The maximum atomic E-state index is 12.8. The summed E-state index contributed by atoms with van der Waals surface area (Å²) in [4.78, 5) is 25.2. The Labute approximate surface area is 146 Å². The molecule has 3 heterocycles. The van der Waals surface area contributed by atoms with Crippen molar-refractivity contribution < 1.29 is 14.1 Å². The average Bonchev–Trinajstić information content (AvgIpc) is 3.00. The van der Waals surface area contributed by atoms with Crippen LogP contribution in [-0.2, 0) is 11.3 Å². The van der Waals surface area contributed by atoms with E-state index in [1.54, 1.807) is 18.0 Å². The molecule has 134 valence electrons. The lowest BCUT2D eigenvalue weighted by molar-refractivity contribution is -0.0810. The van der Waals surface area contributed by atoms with Crippen molar-refractivity contribution in [3.05, 3.63) is 41.3 Å². The molecule has 25 heavy (non-hydrogen) atoms. The Hall–Kier alpha value is -2.32. The van der Waals surface area contributed by atoms with Gasteiger partial charge in [-0.2, -0.15) is 4.98 Å². The quantitative estimate of drug-likeness (QED) is 0.829. The van der Waals surface area contributed by atoms with Crippen LogP contribution < -0.4 is 0 Å². The molecule has 3 rings (SSSR count). The Bertz CT molecular complexity index is 728. The van der Waals surface area contributed by atoms with Crippen LogP contribution >= 0.6 is 0 Å². The van der Waals surface area contributed by atoms with Gasteiger partial charge in [-0.15, -0.1) is 0 Å². The van der Waals surface area contributed by atoms with Crippen LogP contribution in [0.4, 0.5) is 0 Å². The number of morpholine rings is 1. The highest BCUT2D eigenvalue weighted by atomic mass is 16.5. The summed E-state index contributed by atoms with van der Waals surface area (Å²) in [5.74, 6) is 0.886. The maximum absolute atomic E-state index is 12.8. The third-order valence-electron chi connectivity index (χ3n) is 3.92. The van der Waals surface area contributed by atoms with E-state index in [0.717, 1.165) is 12.2 Å². The highest BCUT2D eigenvalue weighted by Gasteiger charge is 2.33. The van der Waals surface area contributed by atoms with Gasteiger partial charge in [0, 0.05) is 19.3 Å². The van der Waals surface area contributed by atoms with Gasteiger partial charge in [0.05, 0.1) is 23.9 Å². The number of aromatic nitrogens is 3. The first-order valence-corrected chi connectivity index (χ1v) is 8.27. The molecule has 0 unspecified atom stereocenters. The zero-order valence-corrected chi connectivity index (χ0v) is 15.0. The molecule has 1 amide bonds. The lowest BCUT2D eigenvalue weighted by atomic mass is 10.1. The molecule has 2 aromatic heterocycles. The largest absolute Gasteiger partial charge is 0.362 e. The lowest BCUT2D eigenvalue weighted by Crippen LogP contribution is -2.46. The number of ether oxygens (including phenoxy) is 1. The first-order chi connectivity index (χ1) is 11.9. The van der Waals surface area contributed by atoms with Crippen LogP contribution in [0.3, 0.4) is 0 Å². The summed E-state index contributed by atoms with van der Waals surface area (Å²) < 4.78 is 11.1. The molecular formula is C17H23N5O3. The number of carbonyl (C=O) groups excluding carboxylic acids is 1. The van der Waals surface area contributed by atoms with Crippen LogP contribution in [0, 0.1) is 6.92 Å². The van der Waals surface area contributed by atoms with E-state index in [1.165, 1.54) is 0 Å². The van der Waals surface area contributed by atoms with E-state index < -0.39 is 6.10 Å². The second kappa shape index (κ2) is 7.28. The first kappa shape index (κ1) is 17.5. The van der Waals surface area contributed by atoms with Crippen molar-refractivity contribution in [3.8, 4) is 0 Å². The molecule has 1 saturated heterocycles. The predicted molar refractivity (Wildman–Crippen MR) is 89.9 cm³/mol. The van der Waals surface area contributed by atoms with Gasteiger partial charge in [-0.1, -0.05) is 5.16 Å². The van der Waals surface area contributed by atoms with Gasteiger partial charge in [-0.3, -0.25) is 9.78 Å². The standard InChI is InChI=1S/C17H23N5O3/c1-11-8-22(10-15(24-11)16-19-12(2)20-25-16)17(23)13-5-6-14(18-7-13)9-21(3)4/h5-7,11,15H,8-10H2,1-4H3/t11-,15-/m1/s1. The summed E-state index contributed by atoms with van der Waals surface area (Å²) in [5.41, 5.74) is 1.49. The summed E-state index contributed by atoms with van der Waals surface area (Å²) >= 11 is 0. The molecule has 1 fully saturated rings. The normalized spacial score (nSPS) is 20.9. The number of amides is 1. The van der Waals surface area contributed by atoms with Crippen molar-refractivity contribution in [2.45, 2.75) is 32.6 Å². The fourth-order valence-electron chi connectivity index (χ4n) is 2.85. The minimum Gasteiger partial charge on any atom is -0.362 e. The van der Waals surface area contributed by atoms with E-state index in [-0.39, 0.29) is 12.0 Å². The van der Waals surface area contributed by atoms with Crippen molar-refractivity contribution in [1.82, 2.24) is 24.9 Å². The average molecular weight is 345 g/mol. The predicted octanol–water partition coefficient (Wildman–Crippen LogP) is 1.44. The number of hydrogen-bond donors (Lipinski definition) is 0. The van der Waals surface area contributed by atoms with Crippen LogP contribution in [0.1, 0.15) is 40.8 Å². The van der Waals surface area contributed by atoms with Crippen LogP contribution in [0.25, 0.3) is 0 Å². The monoisotopic (exact) mass is 345 g/mol. The Balaban J connectivity index is 1.72. The van der Waals surface area contributed by atoms with Crippen LogP contribution in [0.2, 0.25) is 0 Å².